The molecule has 2 N–H and O–H groups in total. The predicted octanol–water partition coefficient (Wildman–Crippen LogP) is 3.90. The molecule has 0 saturated carbocycles. The van der Waals surface area contributed by atoms with Crippen molar-refractivity contribution in [3.8, 4) is 0 Å². The second-order valence-electron chi connectivity index (χ2n) is 5.95. The van der Waals surface area contributed by atoms with Crippen molar-refractivity contribution in [2.45, 2.75) is 64.5 Å². The van der Waals surface area contributed by atoms with Gasteiger partial charge in [-0.25, -0.2) is 0 Å². The summed E-state index contributed by atoms with van der Waals surface area (Å²) < 4.78 is 0. The van der Waals surface area contributed by atoms with Gasteiger partial charge in [0.2, 0.25) is 0 Å². The molecule has 20 heavy (non-hydrogen) atoms. The third kappa shape index (κ3) is 3.42. The molecule has 0 aliphatic carbocycles. The largest absolute Gasteiger partial charge is 0.329 e. The van der Waals surface area contributed by atoms with E-state index in [9.17, 15) is 0 Å². The highest BCUT2D eigenvalue weighted by atomic mass is 15.2. The Balaban J connectivity index is 2.29. The minimum absolute atomic E-state index is 0.397. The Morgan fingerprint density at radius 3 is 2.70 bits per heavy atom. The van der Waals surface area contributed by atoms with Crippen molar-refractivity contribution in [3.63, 3.8) is 0 Å². The van der Waals surface area contributed by atoms with Crippen molar-refractivity contribution in [2.75, 3.05) is 13.1 Å². The molecule has 0 radical (unpaired) electrons. The number of nitrogens with zero attached hydrogens (tertiary/aromatic N) is 1. The minimum atomic E-state index is 0.397. The second kappa shape index (κ2) is 7.80. The lowest BCUT2D eigenvalue weighted by Gasteiger charge is -2.37. The first kappa shape index (κ1) is 15.5. The molecule has 1 aromatic carbocycles. The highest BCUT2D eigenvalue weighted by molar-refractivity contribution is 5.30. The van der Waals surface area contributed by atoms with Gasteiger partial charge in [0, 0.05) is 18.6 Å². The highest BCUT2D eigenvalue weighted by Gasteiger charge is 2.27. The van der Waals surface area contributed by atoms with Gasteiger partial charge in [-0.15, -0.1) is 0 Å². The fourth-order valence-electron chi connectivity index (χ4n) is 3.67. The molecule has 1 heterocycles. The number of nitrogens with two attached hydrogens (primary N) is 1. The summed E-state index contributed by atoms with van der Waals surface area (Å²) in [5, 5.41) is 0. The number of aryl methyl sites for hydroxylation is 1. The van der Waals surface area contributed by atoms with Gasteiger partial charge >= 0.3 is 0 Å². The van der Waals surface area contributed by atoms with E-state index in [1.165, 1.54) is 49.8 Å². The van der Waals surface area contributed by atoms with E-state index in [0.29, 0.717) is 12.1 Å². The molecule has 0 spiro atoms. The van der Waals surface area contributed by atoms with Crippen molar-refractivity contribution in [1.82, 2.24) is 4.90 Å². The van der Waals surface area contributed by atoms with Gasteiger partial charge in [-0.1, -0.05) is 51.0 Å². The van der Waals surface area contributed by atoms with Crippen LogP contribution in [0.5, 0.6) is 0 Å². The molecule has 0 aromatic heterocycles. The van der Waals surface area contributed by atoms with Crippen LogP contribution in [0.15, 0.2) is 24.3 Å². The topological polar surface area (TPSA) is 29.3 Å². The molecule has 2 unspecified atom stereocenters. The van der Waals surface area contributed by atoms with Crippen LogP contribution in [-0.4, -0.2) is 24.0 Å². The summed E-state index contributed by atoms with van der Waals surface area (Å²) in [6.07, 6.45) is 7.74. The molecule has 1 aliphatic heterocycles. The first-order chi connectivity index (χ1) is 9.81. The third-order valence-electron chi connectivity index (χ3n) is 4.81. The molecule has 1 saturated heterocycles. The molecule has 112 valence electrons. The summed E-state index contributed by atoms with van der Waals surface area (Å²) in [4.78, 5) is 2.70. The van der Waals surface area contributed by atoms with Crippen LogP contribution < -0.4 is 5.73 Å². The molecule has 2 nitrogen and oxygen atoms in total. The fourth-order valence-corrected chi connectivity index (χ4v) is 3.67. The Hall–Kier alpha value is -0.860. The quantitative estimate of drug-likeness (QED) is 0.882. The molecule has 1 fully saturated rings. The zero-order valence-electron chi connectivity index (χ0n) is 13.1. The SMILES string of the molecule is CCc1ccccc1C(CN)N1CCCCCC1CC. The van der Waals surface area contributed by atoms with Crippen molar-refractivity contribution in [3.05, 3.63) is 35.4 Å². The summed E-state index contributed by atoms with van der Waals surface area (Å²) in [5.41, 5.74) is 9.10. The normalized spacial score (nSPS) is 22.4. The summed E-state index contributed by atoms with van der Waals surface area (Å²) in [6.45, 7) is 6.50. The van der Waals surface area contributed by atoms with Gasteiger partial charge in [0.15, 0.2) is 0 Å². The third-order valence-corrected chi connectivity index (χ3v) is 4.81. The molecule has 0 bridgehead atoms. The molecule has 2 heteroatoms. The summed E-state index contributed by atoms with van der Waals surface area (Å²) in [7, 11) is 0. The molecule has 2 rings (SSSR count). The Morgan fingerprint density at radius 2 is 2.00 bits per heavy atom. The van der Waals surface area contributed by atoms with Crippen LogP contribution in [0.1, 0.15) is 63.1 Å². The lowest BCUT2D eigenvalue weighted by Crippen LogP contribution is -2.41. The smallest absolute Gasteiger partial charge is 0.0476 e. The number of likely N-dealkylation sites (tertiary alicyclic amines) is 1. The van der Waals surface area contributed by atoms with E-state index in [1.807, 2.05) is 0 Å². The van der Waals surface area contributed by atoms with Gasteiger partial charge in [0.1, 0.15) is 0 Å². The number of hydrogen-bond acceptors (Lipinski definition) is 2. The van der Waals surface area contributed by atoms with Crippen LogP contribution >= 0.6 is 0 Å². The Labute approximate surface area is 124 Å². The van der Waals surface area contributed by atoms with E-state index in [4.69, 9.17) is 5.73 Å². The molecular formula is C18H30N2. The van der Waals surface area contributed by atoms with E-state index >= 15 is 0 Å². The van der Waals surface area contributed by atoms with Crippen molar-refractivity contribution in [1.29, 1.82) is 0 Å². The first-order valence-electron chi connectivity index (χ1n) is 8.35. The van der Waals surface area contributed by atoms with Crippen LogP contribution in [0.2, 0.25) is 0 Å². The van der Waals surface area contributed by atoms with Crippen LogP contribution in [0.4, 0.5) is 0 Å². The Kier molecular flexibility index (Phi) is 6.06. The van der Waals surface area contributed by atoms with E-state index in [0.717, 1.165) is 13.0 Å². The Morgan fingerprint density at radius 1 is 1.20 bits per heavy atom. The van der Waals surface area contributed by atoms with Crippen LogP contribution in [-0.2, 0) is 6.42 Å². The number of hydrogen-bond donors (Lipinski definition) is 1. The van der Waals surface area contributed by atoms with E-state index < -0.39 is 0 Å². The molecule has 1 aliphatic rings. The lowest BCUT2D eigenvalue weighted by atomic mass is 9.95. The Bertz CT molecular complexity index is 402. The van der Waals surface area contributed by atoms with Gasteiger partial charge in [-0.2, -0.15) is 0 Å². The molecule has 0 amide bonds. The van der Waals surface area contributed by atoms with Crippen LogP contribution in [0.3, 0.4) is 0 Å². The standard InChI is InChI=1S/C18H30N2/c1-3-15-10-7-8-12-17(15)18(14-19)20-13-9-5-6-11-16(20)4-2/h7-8,10,12,16,18H,3-6,9,11,13-14,19H2,1-2H3. The van der Waals surface area contributed by atoms with E-state index in [-0.39, 0.29) is 0 Å². The molecular weight excluding hydrogens is 244 g/mol. The minimum Gasteiger partial charge on any atom is -0.329 e. The summed E-state index contributed by atoms with van der Waals surface area (Å²) >= 11 is 0. The second-order valence-corrected chi connectivity index (χ2v) is 5.95. The van der Waals surface area contributed by atoms with Crippen LogP contribution in [0.25, 0.3) is 0 Å². The van der Waals surface area contributed by atoms with Crippen molar-refractivity contribution < 1.29 is 0 Å². The van der Waals surface area contributed by atoms with Crippen molar-refractivity contribution >= 4 is 0 Å². The van der Waals surface area contributed by atoms with E-state index in [1.54, 1.807) is 0 Å². The maximum absolute atomic E-state index is 6.19. The summed E-state index contributed by atoms with van der Waals surface area (Å²) in [5.74, 6) is 0. The number of benzene rings is 1. The van der Waals surface area contributed by atoms with E-state index in [2.05, 4.69) is 43.0 Å². The predicted molar refractivity (Wildman–Crippen MR) is 86.9 cm³/mol. The molecule has 1 aromatic rings. The van der Waals surface area contributed by atoms with Crippen LogP contribution in [0, 0.1) is 0 Å². The van der Waals surface area contributed by atoms with Gasteiger partial charge in [0.25, 0.3) is 0 Å². The van der Waals surface area contributed by atoms with Gasteiger partial charge in [0.05, 0.1) is 0 Å². The maximum Gasteiger partial charge on any atom is 0.0476 e. The average Bonchev–Trinajstić information content (AvgIpc) is 2.74. The monoisotopic (exact) mass is 274 g/mol. The molecule has 2 atom stereocenters. The zero-order valence-corrected chi connectivity index (χ0v) is 13.1. The lowest BCUT2D eigenvalue weighted by molar-refractivity contribution is 0.135. The highest BCUT2D eigenvalue weighted by Crippen LogP contribution is 2.30. The van der Waals surface area contributed by atoms with Crippen molar-refractivity contribution in [2.24, 2.45) is 5.73 Å². The fraction of sp³-hybridized carbons (Fsp3) is 0.667. The number of rotatable bonds is 5. The van der Waals surface area contributed by atoms with Gasteiger partial charge in [-0.3, -0.25) is 4.90 Å². The average molecular weight is 274 g/mol. The first-order valence-corrected chi connectivity index (χ1v) is 8.35. The van der Waals surface area contributed by atoms with Gasteiger partial charge in [-0.05, 0) is 43.4 Å². The maximum atomic E-state index is 6.19. The van der Waals surface area contributed by atoms with Gasteiger partial charge < -0.3 is 5.73 Å². The summed E-state index contributed by atoms with van der Waals surface area (Å²) in [6, 6.07) is 9.96. The zero-order chi connectivity index (χ0) is 14.4.